The topological polar surface area (TPSA) is 75.7 Å². The minimum atomic E-state index is -3.69. The van der Waals surface area contributed by atoms with Gasteiger partial charge in [-0.3, -0.25) is 4.79 Å². The van der Waals surface area contributed by atoms with E-state index < -0.39 is 28.3 Å². The molecule has 1 amide bonds. The first kappa shape index (κ1) is 20.9. The zero-order chi connectivity index (χ0) is 19.9. The zero-order valence-corrected chi connectivity index (χ0v) is 16.1. The van der Waals surface area contributed by atoms with E-state index in [1.54, 1.807) is 12.1 Å². The molecule has 0 saturated heterocycles. The summed E-state index contributed by atoms with van der Waals surface area (Å²) in [6.07, 6.45) is 0.993. The van der Waals surface area contributed by atoms with Gasteiger partial charge in [0.2, 0.25) is 15.9 Å². The third-order valence-electron chi connectivity index (χ3n) is 3.79. The molecule has 0 aromatic heterocycles. The van der Waals surface area contributed by atoms with Gasteiger partial charge in [-0.05, 0) is 30.7 Å². The van der Waals surface area contributed by atoms with Gasteiger partial charge in [0, 0.05) is 18.7 Å². The molecule has 0 unspecified atom stereocenters. The Bertz CT molecular complexity index is 887. The van der Waals surface area contributed by atoms with Crippen molar-refractivity contribution in [1.82, 2.24) is 9.62 Å². The van der Waals surface area contributed by atoms with E-state index in [1.165, 1.54) is 18.2 Å². The van der Waals surface area contributed by atoms with Gasteiger partial charge in [0.15, 0.2) is 0 Å². The SMILES string of the molecule is CCOc1cccc(CNC(=O)CN(Cc2ccccc2F)S(C)(=O)=O)c1. The summed E-state index contributed by atoms with van der Waals surface area (Å²) in [5.74, 6) is -0.292. The summed E-state index contributed by atoms with van der Waals surface area (Å²) < 4.78 is 44.1. The van der Waals surface area contributed by atoms with E-state index >= 15 is 0 Å². The average Bonchev–Trinajstić information content (AvgIpc) is 2.61. The highest BCUT2D eigenvalue weighted by molar-refractivity contribution is 7.88. The van der Waals surface area contributed by atoms with Gasteiger partial charge in [-0.15, -0.1) is 0 Å². The molecular weight excluding hydrogens is 371 g/mol. The Labute approximate surface area is 159 Å². The molecule has 6 nitrogen and oxygen atoms in total. The van der Waals surface area contributed by atoms with Gasteiger partial charge in [0.1, 0.15) is 11.6 Å². The summed E-state index contributed by atoms with van der Waals surface area (Å²) in [4.78, 5) is 12.2. The number of halogens is 1. The maximum absolute atomic E-state index is 13.8. The van der Waals surface area contributed by atoms with Crippen molar-refractivity contribution in [2.24, 2.45) is 0 Å². The van der Waals surface area contributed by atoms with Gasteiger partial charge in [-0.2, -0.15) is 4.31 Å². The molecule has 0 atom stereocenters. The van der Waals surface area contributed by atoms with Crippen molar-refractivity contribution in [1.29, 1.82) is 0 Å². The van der Waals surface area contributed by atoms with Gasteiger partial charge in [-0.25, -0.2) is 12.8 Å². The molecule has 2 rings (SSSR count). The maximum Gasteiger partial charge on any atom is 0.235 e. The van der Waals surface area contributed by atoms with E-state index in [0.29, 0.717) is 12.4 Å². The number of benzene rings is 2. The Morgan fingerprint density at radius 2 is 1.93 bits per heavy atom. The molecule has 0 heterocycles. The van der Waals surface area contributed by atoms with Crippen LogP contribution in [0.5, 0.6) is 5.75 Å². The number of carbonyl (C=O) groups is 1. The van der Waals surface area contributed by atoms with Crippen molar-refractivity contribution in [2.45, 2.75) is 20.0 Å². The zero-order valence-electron chi connectivity index (χ0n) is 15.3. The van der Waals surface area contributed by atoms with Gasteiger partial charge >= 0.3 is 0 Å². The first-order chi connectivity index (χ1) is 12.8. The standard InChI is InChI=1S/C19H23FN2O4S/c1-3-26-17-9-6-7-15(11-17)12-21-19(23)14-22(27(2,24)25)13-16-8-4-5-10-18(16)20/h4-11H,3,12-14H2,1-2H3,(H,21,23). The quantitative estimate of drug-likeness (QED) is 0.708. The van der Waals surface area contributed by atoms with Crippen molar-refractivity contribution in [3.63, 3.8) is 0 Å². The summed E-state index contributed by atoms with van der Waals surface area (Å²) >= 11 is 0. The third kappa shape index (κ3) is 6.65. The van der Waals surface area contributed by atoms with Crippen LogP contribution in [0, 0.1) is 5.82 Å². The Morgan fingerprint density at radius 1 is 1.19 bits per heavy atom. The number of nitrogens with one attached hydrogen (secondary N) is 1. The number of hydrogen-bond donors (Lipinski definition) is 1. The van der Waals surface area contributed by atoms with Gasteiger partial charge in [0.05, 0.1) is 19.4 Å². The number of nitrogens with zero attached hydrogens (tertiary/aromatic N) is 1. The lowest BCUT2D eigenvalue weighted by molar-refractivity contribution is -0.121. The van der Waals surface area contributed by atoms with Crippen molar-refractivity contribution in [3.05, 3.63) is 65.5 Å². The van der Waals surface area contributed by atoms with E-state index in [4.69, 9.17) is 4.74 Å². The van der Waals surface area contributed by atoms with Crippen LogP contribution < -0.4 is 10.1 Å². The molecule has 2 aromatic rings. The minimum absolute atomic E-state index is 0.208. The highest BCUT2D eigenvalue weighted by Crippen LogP contribution is 2.14. The van der Waals surface area contributed by atoms with E-state index in [1.807, 2.05) is 25.1 Å². The van der Waals surface area contributed by atoms with Crippen molar-refractivity contribution in [2.75, 3.05) is 19.4 Å². The molecule has 27 heavy (non-hydrogen) atoms. The Morgan fingerprint density at radius 3 is 2.59 bits per heavy atom. The number of rotatable bonds is 9. The fourth-order valence-corrected chi connectivity index (χ4v) is 3.16. The van der Waals surface area contributed by atoms with Gasteiger partial charge < -0.3 is 10.1 Å². The number of ether oxygens (including phenoxy) is 1. The van der Waals surface area contributed by atoms with Crippen LogP contribution in [-0.4, -0.2) is 38.0 Å². The van der Waals surface area contributed by atoms with Crippen LogP contribution in [0.4, 0.5) is 4.39 Å². The lowest BCUT2D eigenvalue weighted by Crippen LogP contribution is -2.39. The second kappa shape index (κ2) is 9.48. The molecule has 0 spiro atoms. The third-order valence-corrected chi connectivity index (χ3v) is 4.99. The van der Waals surface area contributed by atoms with Crippen LogP contribution >= 0.6 is 0 Å². The molecule has 0 saturated carbocycles. The van der Waals surface area contributed by atoms with Crippen LogP contribution in [0.2, 0.25) is 0 Å². The predicted octanol–water partition coefficient (Wildman–Crippen LogP) is 2.30. The van der Waals surface area contributed by atoms with Crippen LogP contribution in [0.3, 0.4) is 0 Å². The molecule has 0 fully saturated rings. The fraction of sp³-hybridized carbons (Fsp3) is 0.316. The molecular formula is C19H23FN2O4S. The van der Waals surface area contributed by atoms with Crippen molar-refractivity contribution in [3.8, 4) is 5.75 Å². The lowest BCUT2D eigenvalue weighted by Gasteiger charge is -2.20. The second-order valence-electron chi connectivity index (χ2n) is 5.98. The largest absolute Gasteiger partial charge is 0.494 e. The highest BCUT2D eigenvalue weighted by Gasteiger charge is 2.21. The van der Waals surface area contributed by atoms with E-state index in [0.717, 1.165) is 16.1 Å². The molecule has 0 aliphatic carbocycles. The monoisotopic (exact) mass is 394 g/mol. The molecule has 2 aromatic carbocycles. The first-order valence-electron chi connectivity index (χ1n) is 8.46. The molecule has 1 N–H and O–H groups in total. The molecule has 0 radical (unpaired) electrons. The Kier molecular flexibility index (Phi) is 7.32. The highest BCUT2D eigenvalue weighted by atomic mass is 32.2. The van der Waals surface area contributed by atoms with Gasteiger partial charge in [-0.1, -0.05) is 30.3 Å². The lowest BCUT2D eigenvalue weighted by atomic mass is 10.2. The molecule has 8 heteroatoms. The van der Waals surface area contributed by atoms with Crippen LogP contribution in [0.1, 0.15) is 18.1 Å². The number of hydrogen-bond acceptors (Lipinski definition) is 4. The molecule has 0 aliphatic rings. The Balaban J connectivity index is 2.00. The summed E-state index contributed by atoms with van der Waals surface area (Å²) in [5.41, 5.74) is 1.04. The van der Waals surface area contributed by atoms with Crippen molar-refractivity contribution < 1.29 is 22.3 Å². The fourth-order valence-electron chi connectivity index (χ4n) is 2.44. The smallest absolute Gasteiger partial charge is 0.235 e. The molecule has 0 bridgehead atoms. The molecule has 146 valence electrons. The van der Waals surface area contributed by atoms with E-state index in [2.05, 4.69) is 5.32 Å². The van der Waals surface area contributed by atoms with Crippen LogP contribution in [-0.2, 0) is 27.9 Å². The van der Waals surface area contributed by atoms with E-state index in [-0.39, 0.29) is 18.7 Å². The normalized spacial score (nSPS) is 11.4. The first-order valence-corrected chi connectivity index (χ1v) is 10.3. The number of amides is 1. The maximum atomic E-state index is 13.8. The summed E-state index contributed by atoms with van der Waals surface area (Å²) in [6, 6.07) is 13.1. The number of carbonyl (C=O) groups excluding carboxylic acids is 1. The average molecular weight is 394 g/mol. The Hall–Kier alpha value is -2.45. The minimum Gasteiger partial charge on any atom is -0.494 e. The predicted molar refractivity (Wildman–Crippen MR) is 101 cm³/mol. The van der Waals surface area contributed by atoms with Crippen LogP contribution in [0.25, 0.3) is 0 Å². The van der Waals surface area contributed by atoms with Gasteiger partial charge in [0.25, 0.3) is 0 Å². The summed E-state index contributed by atoms with van der Waals surface area (Å²) in [6.45, 7) is 2.05. The second-order valence-corrected chi connectivity index (χ2v) is 7.96. The van der Waals surface area contributed by atoms with E-state index in [9.17, 15) is 17.6 Å². The molecule has 0 aliphatic heterocycles. The van der Waals surface area contributed by atoms with Crippen molar-refractivity contribution >= 4 is 15.9 Å². The number of sulfonamides is 1. The summed E-state index contributed by atoms with van der Waals surface area (Å²) in [5, 5.41) is 2.68. The van der Waals surface area contributed by atoms with Crippen LogP contribution in [0.15, 0.2) is 48.5 Å². The summed E-state index contributed by atoms with van der Waals surface area (Å²) in [7, 11) is -3.69.